The van der Waals surface area contributed by atoms with E-state index in [2.05, 4.69) is 11.9 Å². The fourth-order valence-electron chi connectivity index (χ4n) is 1.83. The molecule has 2 aromatic rings. The third-order valence-corrected chi connectivity index (χ3v) is 3.50. The van der Waals surface area contributed by atoms with E-state index in [1.54, 1.807) is 6.07 Å². The van der Waals surface area contributed by atoms with Crippen LogP contribution in [0.5, 0.6) is 0 Å². The summed E-state index contributed by atoms with van der Waals surface area (Å²) in [5, 5.41) is 5.77. The van der Waals surface area contributed by atoms with Crippen molar-refractivity contribution in [3.63, 3.8) is 0 Å². The Balaban J connectivity index is 2.59. The molecule has 0 aliphatic carbocycles. The molecule has 0 amide bonds. The summed E-state index contributed by atoms with van der Waals surface area (Å²) in [5.74, 6) is 0. The highest BCUT2D eigenvalue weighted by molar-refractivity contribution is 7.89. The van der Waals surface area contributed by atoms with Gasteiger partial charge in [0.05, 0.1) is 0 Å². The van der Waals surface area contributed by atoms with Crippen LogP contribution in [-0.4, -0.2) is 13.4 Å². The summed E-state index contributed by atoms with van der Waals surface area (Å²) in [6.07, 6.45) is 3.49. The predicted molar refractivity (Wildman–Crippen MR) is 63.7 cm³/mol. The third-order valence-electron chi connectivity index (χ3n) is 2.55. The number of aryl methyl sites for hydroxylation is 1. The molecule has 0 unspecified atom stereocenters. The smallest absolute Gasteiger partial charge is 0.240 e. The van der Waals surface area contributed by atoms with Gasteiger partial charge in [-0.05, 0) is 18.1 Å². The fourth-order valence-corrected chi connectivity index (χ4v) is 2.53. The monoisotopic (exact) mass is 238 g/mol. The molecule has 16 heavy (non-hydrogen) atoms. The van der Waals surface area contributed by atoms with E-state index in [9.17, 15) is 8.42 Å². The van der Waals surface area contributed by atoms with Crippen molar-refractivity contribution in [2.45, 2.75) is 24.7 Å². The molecule has 0 atom stereocenters. The number of benzene rings is 1. The summed E-state index contributed by atoms with van der Waals surface area (Å²) in [6.45, 7) is 2.11. The maximum absolute atomic E-state index is 11.3. The molecular weight excluding hydrogens is 224 g/mol. The number of rotatable bonds is 3. The largest absolute Gasteiger partial charge is 0.360 e. The fraction of sp³-hybridized carbons (Fsp3) is 0.273. The van der Waals surface area contributed by atoms with Gasteiger partial charge in [-0.3, -0.25) is 0 Å². The van der Waals surface area contributed by atoms with Crippen molar-refractivity contribution in [1.29, 1.82) is 0 Å². The molecule has 1 aromatic carbocycles. The van der Waals surface area contributed by atoms with Gasteiger partial charge >= 0.3 is 0 Å². The third kappa shape index (κ3) is 1.96. The van der Waals surface area contributed by atoms with E-state index in [1.807, 2.05) is 12.1 Å². The quantitative estimate of drug-likeness (QED) is 0.855. The molecule has 2 rings (SSSR count). The number of aromatic nitrogens is 1. The van der Waals surface area contributed by atoms with Crippen molar-refractivity contribution >= 4 is 20.9 Å². The highest BCUT2D eigenvalue weighted by atomic mass is 32.2. The molecule has 0 radical (unpaired) electrons. The van der Waals surface area contributed by atoms with Crippen molar-refractivity contribution in [1.82, 2.24) is 4.98 Å². The number of aromatic amines is 1. The molecule has 4 nitrogen and oxygen atoms in total. The van der Waals surface area contributed by atoms with Gasteiger partial charge in [0.2, 0.25) is 10.0 Å². The normalized spacial score (nSPS) is 12.1. The lowest BCUT2D eigenvalue weighted by molar-refractivity contribution is 0.598. The van der Waals surface area contributed by atoms with Crippen molar-refractivity contribution in [2.24, 2.45) is 5.14 Å². The van der Waals surface area contributed by atoms with E-state index >= 15 is 0 Å². The standard InChI is InChI=1S/C11H14N2O2S/c1-2-3-8-4-5-9-10(6-8)13-7-11(9)16(12,14)15/h4-7,13H,2-3H2,1H3,(H2,12,14,15). The number of nitrogens with one attached hydrogen (secondary N) is 1. The van der Waals surface area contributed by atoms with Gasteiger partial charge in [0.25, 0.3) is 0 Å². The SMILES string of the molecule is CCCc1ccc2c(S(N)(=O)=O)c[nH]c2c1. The minimum Gasteiger partial charge on any atom is -0.360 e. The van der Waals surface area contributed by atoms with Gasteiger partial charge in [-0.1, -0.05) is 25.5 Å². The van der Waals surface area contributed by atoms with Gasteiger partial charge in [0.15, 0.2) is 0 Å². The number of hydrogen-bond donors (Lipinski definition) is 2. The average Bonchev–Trinajstić information content (AvgIpc) is 2.60. The zero-order chi connectivity index (χ0) is 11.8. The topological polar surface area (TPSA) is 76.0 Å². The highest BCUT2D eigenvalue weighted by Gasteiger charge is 2.13. The molecule has 0 spiro atoms. The Hall–Kier alpha value is -1.33. The minimum absolute atomic E-state index is 0.158. The van der Waals surface area contributed by atoms with Crippen LogP contribution < -0.4 is 5.14 Å². The first-order valence-electron chi connectivity index (χ1n) is 5.15. The van der Waals surface area contributed by atoms with Gasteiger partial charge in [0, 0.05) is 17.1 Å². The van der Waals surface area contributed by atoms with Gasteiger partial charge in [0.1, 0.15) is 4.90 Å². The lowest BCUT2D eigenvalue weighted by Crippen LogP contribution is -2.11. The lowest BCUT2D eigenvalue weighted by Gasteiger charge is -1.99. The molecular formula is C11H14N2O2S. The number of hydrogen-bond acceptors (Lipinski definition) is 2. The number of primary sulfonamides is 1. The number of H-pyrrole nitrogens is 1. The number of fused-ring (bicyclic) bond motifs is 1. The van der Waals surface area contributed by atoms with E-state index in [4.69, 9.17) is 5.14 Å². The van der Waals surface area contributed by atoms with Crippen LogP contribution in [0.3, 0.4) is 0 Å². The second-order valence-corrected chi connectivity index (χ2v) is 5.36. The molecule has 86 valence electrons. The van der Waals surface area contributed by atoms with Crippen molar-refractivity contribution in [3.8, 4) is 0 Å². The van der Waals surface area contributed by atoms with Crippen LogP contribution in [0.2, 0.25) is 0 Å². The summed E-state index contributed by atoms with van der Waals surface area (Å²) in [7, 11) is -3.64. The summed E-state index contributed by atoms with van der Waals surface area (Å²) < 4.78 is 22.6. The molecule has 0 aliphatic heterocycles. The summed E-state index contributed by atoms with van der Waals surface area (Å²) in [5.41, 5.74) is 2.01. The Kier molecular flexibility index (Phi) is 2.73. The molecule has 0 fully saturated rings. The van der Waals surface area contributed by atoms with Gasteiger partial charge < -0.3 is 4.98 Å². The first-order chi connectivity index (χ1) is 7.52. The second kappa shape index (κ2) is 3.92. The van der Waals surface area contributed by atoms with Crippen LogP contribution in [0.1, 0.15) is 18.9 Å². The molecule has 0 saturated heterocycles. The van der Waals surface area contributed by atoms with Crippen molar-refractivity contribution < 1.29 is 8.42 Å². The first-order valence-corrected chi connectivity index (χ1v) is 6.70. The van der Waals surface area contributed by atoms with E-state index in [-0.39, 0.29) is 4.90 Å². The molecule has 0 aliphatic rings. The molecule has 0 saturated carbocycles. The predicted octanol–water partition coefficient (Wildman–Crippen LogP) is 1.77. The van der Waals surface area contributed by atoms with Crippen LogP contribution in [0.25, 0.3) is 10.9 Å². The molecule has 1 heterocycles. The van der Waals surface area contributed by atoms with Gasteiger partial charge in [-0.15, -0.1) is 0 Å². The Morgan fingerprint density at radius 1 is 1.38 bits per heavy atom. The van der Waals surface area contributed by atoms with E-state index in [0.717, 1.165) is 18.4 Å². The van der Waals surface area contributed by atoms with E-state index < -0.39 is 10.0 Å². The maximum Gasteiger partial charge on any atom is 0.240 e. The van der Waals surface area contributed by atoms with E-state index in [1.165, 1.54) is 11.8 Å². The van der Waals surface area contributed by atoms with Crippen LogP contribution in [0.15, 0.2) is 29.3 Å². The van der Waals surface area contributed by atoms with Crippen molar-refractivity contribution in [3.05, 3.63) is 30.0 Å². The van der Waals surface area contributed by atoms with Crippen LogP contribution in [0.4, 0.5) is 0 Å². The Morgan fingerprint density at radius 3 is 2.75 bits per heavy atom. The number of nitrogens with two attached hydrogens (primary N) is 1. The average molecular weight is 238 g/mol. The highest BCUT2D eigenvalue weighted by Crippen LogP contribution is 2.23. The summed E-state index contributed by atoms with van der Waals surface area (Å²) in [4.78, 5) is 3.09. The molecule has 3 N–H and O–H groups in total. The lowest BCUT2D eigenvalue weighted by atomic mass is 10.1. The zero-order valence-corrected chi connectivity index (χ0v) is 9.84. The Labute approximate surface area is 94.5 Å². The maximum atomic E-state index is 11.3. The molecule has 0 bridgehead atoms. The minimum atomic E-state index is -3.64. The number of sulfonamides is 1. The van der Waals surface area contributed by atoms with Gasteiger partial charge in [-0.25, -0.2) is 13.6 Å². The Bertz CT molecular complexity index is 614. The molecule has 5 heteroatoms. The first kappa shape index (κ1) is 11.2. The molecule has 1 aromatic heterocycles. The summed E-state index contributed by atoms with van der Waals surface area (Å²) in [6, 6.07) is 5.71. The van der Waals surface area contributed by atoms with Gasteiger partial charge in [-0.2, -0.15) is 0 Å². The zero-order valence-electron chi connectivity index (χ0n) is 9.03. The van der Waals surface area contributed by atoms with Crippen LogP contribution >= 0.6 is 0 Å². The summed E-state index contributed by atoms with van der Waals surface area (Å²) >= 11 is 0. The van der Waals surface area contributed by atoms with Crippen LogP contribution in [0, 0.1) is 0 Å². The van der Waals surface area contributed by atoms with Crippen molar-refractivity contribution in [2.75, 3.05) is 0 Å². The second-order valence-electron chi connectivity index (χ2n) is 3.83. The van der Waals surface area contributed by atoms with E-state index in [0.29, 0.717) is 5.39 Å². The Morgan fingerprint density at radius 2 is 2.12 bits per heavy atom. The van der Waals surface area contributed by atoms with Crippen LogP contribution in [-0.2, 0) is 16.4 Å².